The van der Waals surface area contributed by atoms with Gasteiger partial charge in [0, 0.05) is 47.4 Å². The van der Waals surface area contributed by atoms with E-state index in [1.165, 1.54) is 14.6 Å². The number of benzene rings is 2. The van der Waals surface area contributed by atoms with E-state index in [4.69, 9.17) is 16.3 Å². The number of methoxy groups -OCH3 is 1. The van der Waals surface area contributed by atoms with E-state index in [1.807, 2.05) is 59.7 Å². The van der Waals surface area contributed by atoms with Crippen molar-refractivity contribution in [1.29, 1.82) is 0 Å². The van der Waals surface area contributed by atoms with Crippen LogP contribution in [0.5, 0.6) is 5.75 Å². The predicted molar refractivity (Wildman–Crippen MR) is 204 cm³/mol. The number of hydrogen-bond donors (Lipinski definition) is 1. The summed E-state index contributed by atoms with van der Waals surface area (Å²) in [6.07, 6.45) is -0.00736. The molecule has 0 aliphatic carbocycles. The molecular weight excluding hydrogens is 729 g/mol. The van der Waals surface area contributed by atoms with Crippen LogP contribution >= 0.6 is 23.4 Å². The molecule has 3 amide bonds. The van der Waals surface area contributed by atoms with Gasteiger partial charge in [-0.3, -0.25) is 24.8 Å². The van der Waals surface area contributed by atoms with E-state index < -0.39 is 18.1 Å². The molecule has 4 aromatic rings. The van der Waals surface area contributed by atoms with Crippen molar-refractivity contribution in [3.05, 3.63) is 100 Å². The van der Waals surface area contributed by atoms with Gasteiger partial charge in [-0.15, -0.1) is 0 Å². The number of hydrazine groups is 1. The number of thioether (sulfide) groups is 1. The van der Waals surface area contributed by atoms with Crippen molar-refractivity contribution < 1.29 is 32.3 Å². The number of carbonyl (C=O) groups is 3. The minimum atomic E-state index is -4.17. The van der Waals surface area contributed by atoms with Gasteiger partial charge < -0.3 is 9.64 Å². The molecule has 0 atom stereocenters. The summed E-state index contributed by atoms with van der Waals surface area (Å²) in [4.78, 5) is 44.0. The smallest absolute Gasteiger partial charge is 0.389 e. The SMILES string of the molecule is CCN(C(=O)CCSCCC(F)(F)F)c1cn(-c2cccnc2)nc1Cl.COc1cccc(C(=O)NN(C(=O)c2cc(C)cc(C)c2)C(C)(C)C)c1C. The lowest BCUT2D eigenvalue weighted by Gasteiger charge is -2.35. The third-order valence-corrected chi connectivity index (χ3v) is 9.02. The number of halogens is 4. The van der Waals surface area contributed by atoms with Crippen LogP contribution in [-0.2, 0) is 4.79 Å². The Morgan fingerprint density at radius 2 is 1.68 bits per heavy atom. The van der Waals surface area contributed by atoms with Crippen LogP contribution in [-0.4, -0.2) is 74.4 Å². The minimum Gasteiger partial charge on any atom is -0.496 e. The highest BCUT2D eigenvalue weighted by molar-refractivity contribution is 7.99. The molecule has 0 aliphatic heterocycles. The summed E-state index contributed by atoms with van der Waals surface area (Å²) >= 11 is 7.28. The zero-order chi connectivity index (χ0) is 39.5. The molecule has 53 heavy (non-hydrogen) atoms. The van der Waals surface area contributed by atoms with E-state index in [0.29, 0.717) is 40.5 Å². The molecule has 2 heterocycles. The van der Waals surface area contributed by atoms with Gasteiger partial charge in [0.25, 0.3) is 11.8 Å². The Bertz CT molecular complexity index is 1840. The molecule has 0 saturated heterocycles. The number of rotatable bonds is 11. The number of pyridine rings is 1. The van der Waals surface area contributed by atoms with Crippen LogP contribution in [0.25, 0.3) is 5.69 Å². The van der Waals surface area contributed by atoms with Crippen LogP contribution < -0.4 is 15.1 Å². The lowest BCUT2D eigenvalue weighted by molar-refractivity contribution is -0.129. The largest absolute Gasteiger partial charge is 0.496 e. The first-order chi connectivity index (χ1) is 24.9. The Morgan fingerprint density at radius 3 is 2.25 bits per heavy atom. The fraction of sp³-hybridized carbons (Fsp3) is 0.395. The summed E-state index contributed by atoms with van der Waals surface area (Å²) in [6, 6.07) is 14.5. The van der Waals surface area contributed by atoms with E-state index in [2.05, 4.69) is 15.5 Å². The first-order valence-corrected chi connectivity index (χ1v) is 18.4. The Balaban J connectivity index is 0.000000286. The molecule has 0 aliphatic rings. The molecule has 0 unspecified atom stereocenters. The molecule has 0 bridgehead atoms. The van der Waals surface area contributed by atoms with Crippen LogP contribution in [0.2, 0.25) is 5.15 Å². The second-order valence-electron chi connectivity index (χ2n) is 13.1. The molecule has 4 rings (SSSR count). The molecule has 15 heteroatoms. The average molecular weight is 775 g/mol. The fourth-order valence-electron chi connectivity index (χ4n) is 5.21. The summed E-state index contributed by atoms with van der Waals surface area (Å²) in [7, 11) is 1.56. The summed E-state index contributed by atoms with van der Waals surface area (Å²) in [5.74, 6) is 0.0926. The van der Waals surface area contributed by atoms with E-state index in [0.717, 1.165) is 28.5 Å². The highest BCUT2D eigenvalue weighted by Gasteiger charge is 2.31. The molecule has 1 N–H and O–H groups in total. The van der Waals surface area contributed by atoms with Crippen LogP contribution in [0.15, 0.2) is 67.1 Å². The number of hydrogen-bond acceptors (Lipinski definition) is 7. The third kappa shape index (κ3) is 12.5. The van der Waals surface area contributed by atoms with Gasteiger partial charge in [-0.05, 0) is 84.9 Å². The van der Waals surface area contributed by atoms with Crippen molar-refractivity contribution in [3.8, 4) is 11.4 Å². The Morgan fingerprint density at radius 1 is 1.00 bits per heavy atom. The van der Waals surface area contributed by atoms with Gasteiger partial charge in [-0.25, -0.2) is 9.69 Å². The quantitative estimate of drug-likeness (QED) is 0.120. The molecule has 0 radical (unpaired) electrons. The van der Waals surface area contributed by atoms with Crippen LogP contribution in [0.1, 0.15) is 77.9 Å². The lowest BCUT2D eigenvalue weighted by atomic mass is 10.0. The maximum Gasteiger partial charge on any atom is 0.389 e. The zero-order valence-electron chi connectivity index (χ0n) is 31.2. The number of aryl methyl sites for hydroxylation is 2. The van der Waals surface area contributed by atoms with Gasteiger partial charge in [0.2, 0.25) is 5.91 Å². The van der Waals surface area contributed by atoms with Gasteiger partial charge in [-0.2, -0.15) is 30.0 Å². The monoisotopic (exact) mass is 774 g/mol. The first kappa shape index (κ1) is 42.8. The van der Waals surface area contributed by atoms with Crippen LogP contribution in [0.4, 0.5) is 18.9 Å². The predicted octanol–water partition coefficient (Wildman–Crippen LogP) is 8.56. The van der Waals surface area contributed by atoms with Gasteiger partial charge in [0.1, 0.15) is 11.4 Å². The van der Waals surface area contributed by atoms with E-state index in [9.17, 15) is 27.6 Å². The van der Waals surface area contributed by atoms with Crippen molar-refractivity contribution in [2.24, 2.45) is 0 Å². The molecule has 286 valence electrons. The van der Waals surface area contributed by atoms with Crippen molar-refractivity contribution in [3.63, 3.8) is 0 Å². The van der Waals surface area contributed by atoms with Gasteiger partial charge in [0.15, 0.2) is 5.15 Å². The summed E-state index contributed by atoms with van der Waals surface area (Å²) in [5.41, 5.74) is 7.10. The highest BCUT2D eigenvalue weighted by Crippen LogP contribution is 2.28. The van der Waals surface area contributed by atoms with Gasteiger partial charge >= 0.3 is 6.18 Å². The molecular formula is C38H46ClF3N6O4S. The van der Waals surface area contributed by atoms with Crippen molar-refractivity contribution in [2.45, 2.75) is 73.0 Å². The van der Waals surface area contributed by atoms with Crippen molar-refractivity contribution in [1.82, 2.24) is 25.2 Å². The molecule has 0 spiro atoms. The van der Waals surface area contributed by atoms with Crippen LogP contribution in [0.3, 0.4) is 0 Å². The second kappa shape index (κ2) is 19.0. The normalized spacial score (nSPS) is 11.3. The number of nitrogens with one attached hydrogen (secondary N) is 1. The number of ether oxygens (including phenoxy) is 1. The Kier molecular flexibility index (Phi) is 15.3. The van der Waals surface area contributed by atoms with Crippen molar-refractivity contribution in [2.75, 3.05) is 30.1 Å². The Labute approximate surface area is 318 Å². The number of carbonyl (C=O) groups excluding carboxylic acids is 3. The number of nitrogens with zero attached hydrogens (tertiary/aromatic N) is 5. The number of amides is 3. The highest BCUT2D eigenvalue weighted by atomic mass is 35.5. The summed E-state index contributed by atoms with van der Waals surface area (Å²) in [6.45, 7) is 13.5. The van der Waals surface area contributed by atoms with E-state index >= 15 is 0 Å². The maximum atomic E-state index is 13.2. The summed E-state index contributed by atoms with van der Waals surface area (Å²) < 4.78 is 43.2. The van der Waals surface area contributed by atoms with E-state index in [1.54, 1.807) is 63.0 Å². The average Bonchev–Trinajstić information content (AvgIpc) is 3.47. The number of alkyl halides is 3. The first-order valence-electron chi connectivity index (χ1n) is 16.8. The Hall–Kier alpha value is -4.56. The number of anilines is 1. The molecule has 0 saturated carbocycles. The standard InChI is InChI=1S/C22H28N2O3.C16H18ClF3N4OS/c1-14-11-15(2)13-17(12-14)21(26)24(22(4,5)6)23-20(25)18-9-8-10-19(27-7)16(18)3;1-2-23(14(25)5-8-26-9-6-16(18,19)20)13-11-24(22-15(13)17)12-4-3-7-21-10-12/h8-13H,1-7H3,(H,23,25);3-4,7,10-11H,2,5-6,8-9H2,1H3. The molecule has 2 aromatic carbocycles. The minimum absolute atomic E-state index is 0.0530. The lowest BCUT2D eigenvalue weighted by Crippen LogP contribution is -2.56. The van der Waals surface area contributed by atoms with Gasteiger partial charge in [-0.1, -0.05) is 34.9 Å². The zero-order valence-corrected chi connectivity index (χ0v) is 32.7. The van der Waals surface area contributed by atoms with Crippen LogP contribution in [0, 0.1) is 20.8 Å². The molecule has 0 fully saturated rings. The molecule has 10 nitrogen and oxygen atoms in total. The van der Waals surface area contributed by atoms with Crippen molar-refractivity contribution >= 4 is 46.8 Å². The maximum absolute atomic E-state index is 13.2. The topological polar surface area (TPSA) is 110 Å². The number of aromatic nitrogens is 3. The third-order valence-electron chi connectivity index (χ3n) is 7.76. The van der Waals surface area contributed by atoms with E-state index in [-0.39, 0.29) is 35.0 Å². The molecule has 2 aromatic heterocycles. The van der Waals surface area contributed by atoms with Gasteiger partial charge in [0.05, 0.1) is 37.2 Å². The second-order valence-corrected chi connectivity index (χ2v) is 14.7. The summed E-state index contributed by atoms with van der Waals surface area (Å²) in [5, 5.41) is 5.75. The fourth-order valence-corrected chi connectivity index (χ4v) is 6.34.